The molecule has 0 saturated carbocycles. The van der Waals surface area contributed by atoms with E-state index in [0.717, 1.165) is 83.5 Å². The molecule has 9 heteroatoms. The quantitative estimate of drug-likeness (QED) is 0.0272. The predicted octanol–water partition coefficient (Wildman–Crippen LogP) is 23.6. The molecule has 0 saturated heterocycles. The van der Waals surface area contributed by atoms with Crippen LogP contribution < -0.4 is 10.2 Å². The molecule has 0 heterocycles. The number of hydrogen-bond donors (Lipinski definition) is 2. The van der Waals surface area contributed by atoms with Crippen molar-refractivity contribution < 1.29 is 32.9 Å². The number of quaternary nitrogens is 1. The minimum absolute atomic E-state index is 0.0108. The topological polar surface area (TPSA) is 108 Å². The summed E-state index contributed by atoms with van der Waals surface area (Å²) in [7, 11) is 1.24. The normalized spacial score (nSPS) is 14.2. The van der Waals surface area contributed by atoms with E-state index in [1.54, 1.807) is 6.08 Å². The Morgan fingerprint density at radius 1 is 0.409 bits per heavy atom. The lowest BCUT2D eigenvalue weighted by Gasteiger charge is -2.29. The molecule has 0 rings (SSSR count). The first-order chi connectivity index (χ1) is 43.0. The van der Waals surface area contributed by atoms with Gasteiger partial charge in [-0.25, -0.2) is 0 Å². The van der Waals surface area contributed by atoms with Gasteiger partial charge in [-0.3, -0.25) is 9.36 Å². The second kappa shape index (κ2) is 68.5. The Morgan fingerprint density at radius 3 is 1.06 bits per heavy atom. The summed E-state index contributed by atoms with van der Waals surface area (Å²) < 4.78 is 23.4. The van der Waals surface area contributed by atoms with Gasteiger partial charge < -0.3 is 28.8 Å². The number of nitrogens with one attached hydrogen (secondary N) is 1. The summed E-state index contributed by atoms with van der Waals surface area (Å²) in [5.74, 6) is -0.208. The second-order valence-electron chi connectivity index (χ2n) is 26.3. The average molecular weight is 1250 g/mol. The second-order valence-corrected chi connectivity index (χ2v) is 27.7. The predicted molar refractivity (Wildman–Crippen MR) is 385 cm³/mol. The molecule has 510 valence electrons. The van der Waals surface area contributed by atoms with Crippen molar-refractivity contribution in [2.24, 2.45) is 0 Å². The van der Waals surface area contributed by atoms with Crippen LogP contribution in [0.15, 0.2) is 109 Å². The number of aliphatic hydroxyl groups excluding tert-OH is 1. The molecule has 0 aromatic heterocycles. The molecule has 0 radical (unpaired) electrons. The van der Waals surface area contributed by atoms with Crippen molar-refractivity contribution in [3.05, 3.63) is 109 Å². The van der Waals surface area contributed by atoms with Crippen molar-refractivity contribution in [2.75, 3.05) is 40.9 Å². The molecule has 1 amide bonds. The Hall–Kier alpha value is -2.84. The number of allylic oxidation sites excluding steroid dienone is 17. The zero-order chi connectivity index (χ0) is 64.1. The molecule has 8 nitrogen and oxygen atoms in total. The number of unbranched alkanes of at least 4 members (excludes halogenated alkanes) is 39. The number of carbonyl (C=O) groups is 1. The van der Waals surface area contributed by atoms with Crippen LogP contribution >= 0.6 is 7.82 Å². The molecule has 0 aliphatic heterocycles. The highest BCUT2D eigenvalue weighted by Crippen LogP contribution is 2.38. The lowest BCUT2D eigenvalue weighted by molar-refractivity contribution is -0.870. The maximum absolute atomic E-state index is 13.0. The van der Waals surface area contributed by atoms with Gasteiger partial charge in [-0.15, -0.1) is 0 Å². The van der Waals surface area contributed by atoms with E-state index in [1.807, 2.05) is 27.2 Å². The highest BCUT2D eigenvalue weighted by atomic mass is 31.2. The minimum atomic E-state index is -4.62. The smallest absolute Gasteiger partial charge is 0.268 e. The van der Waals surface area contributed by atoms with Crippen molar-refractivity contribution in [1.29, 1.82) is 0 Å². The number of aliphatic hydroxyl groups is 1. The molecule has 0 spiro atoms. The number of likely N-dealkylation sites (N-methyl/N-ethyl adjacent to an activating group) is 1. The summed E-state index contributed by atoms with van der Waals surface area (Å²) in [5, 5.41) is 13.9. The number of phosphoric acid groups is 1. The molecule has 88 heavy (non-hydrogen) atoms. The van der Waals surface area contributed by atoms with E-state index < -0.39 is 26.6 Å². The molecule has 3 unspecified atom stereocenters. The summed E-state index contributed by atoms with van der Waals surface area (Å²) in [4.78, 5) is 25.6. The maximum Gasteiger partial charge on any atom is 0.268 e. The molecule has 0 aromatic carbocycles. The van der Waals surface area contributed by atoms with Crippen LogP contribution in [0.1, 0.15) is 335 Å². The third-order valence-corrected chi connectivity index (χ3v) is 17.4. The third-order valence-electron chi connectivity index (χ3n) is 16.4. The Bertz CT molecular complexity index is 1810. The first-order valence-corrected chi connectivity index (χ1v) is 38.7. The Labute approximate surface area is 546 Å². The van der Waals surface area contributed by atoms with Crippen LogP contribution in [-0.2, 0) is 18.4 Å². The number of amides is 1. The van der Waals surface area contributed by atoms with Crippen LogP contribution in [0.4, 0.5) is 0 Å². The Morgan fingerprint density at radius 2 is 0.705 bits per heavy atom. The SMILES string of the molecule is CC/C=C\C/C=C\C/C=C\C/C=C\C/C=C\C/C=C\CCCCCCCCCCCCCCCCCCCCCCCCC(=O)NC(COP(=O)([O-])OCC[N+](C)(C)C)C(O)/C=C/CC/C=C/CC/C=C/CCCCCCCCCCCCCCCCC. The van der Waals surface area contributed by atoms with Crippen LogP contribution in [0, 0.1) is 0 Å². The van der Waals surface area contributed by atoms with Gasteiger partial charge in [-0.05, 0) is 96.3 Å². The Kier molecular flexibility index (Phi) is 66.3. The van der Waals surface area contributed by atoms with E-state index >= 15 is 0 Å². The van der Waals surface area contributed by atoms with Gasteiger partial charge in [0.1, 0.15) is 13.2 Å². The first kappa shape index (κ1) is 85.2. The highest BCUT2D eigenvalue weighted by Gasteiger charge is 2.23. The number of carbonyl (C=O) groups excluding carboxylic acids is 1. The monoisotopic (exact) mass is 1250 g/mol. The van der Waals surface area contributed by atoms with Crippen LogP contribution in [0.5, 0.6) is 0 Å². The standard InChI is InChI=1S/C79H143N2O6P/c1-6-8-10-12-14-16-18-20-22-24-26-28-30-32-33-34-35-36-37-38-39-40-41-42-43-44-45-46-47-49-51-53-55-57-59-61-63-65-67-69-71-73-79(83)80-77(76-87-88(84,85)86-75-74-81(3,4)5)78(82)72-70-68-66-64-62-60-58-56-54-52-50-48-31-29-27-25-23-21-19-17-15-13-11-9-7-2/h8,10,14,16,20,22,26,28,32-33,35-36,54,56,62,64,70,72,77-78,82H,6-7,9,11-13,15,17-19,21,23-25,27,29-31,34,37-53,55,57-61,63,65-69,71,73-76H2,1-5H3,(H-,80,83,84,85)/b10-8-,16-14-,22-20-,28-26-,33-32-,36-35-,56-54+,64-62+,72-70+. The number of nitrogens with zero attached hydrogens (tertiary/aromatic N) is 1. The van der Waals surface area contributed by atoms with E-state index in [-0.39, 0.29) is 12.5 Å². The molecule has 0 bridgehead atoms. The van der Waals surface area contributed by atoms with Gasteiger partial charge in [-0.2, -0.15) is 0 Å². The molecule has 0 aliphatic rings. The van der Waals surface area contributed by atoms with E-state index in [4.69, 9.17) is 9.05 Å². The number of rotatable bonds is 68. The van der Waals surface area contributed by atoms with Crippen molar-refractivity contribution in [1.82, 2.24) is 5.32 Å². The third kappa shape index (κ3) is 70.6. The highest BCUT2D eigenvalue weighted by molar-refractivity contribution is 7.45. The van der Waals surface area contributed by atoms with Gasteiger partial charge in [0.2, 0.25) is 5.91 Å². The van der Waals surface area contributed by atoms with Crippen molar-refractivity contribution in [3.63, 3.8) is 0 Å². The van der Waals surface area contributed by atoms with Gasteiger partial charge in [0.05, 0.1) is 39.9 Å². The van der Waals surface area contributed by atoms with E-state index in [9.17, 15) is 19.4 Å². The fourth-order valence-corrected chi connectivity index (χ4v) is 11.4. The van der Waals surface area contributed by atoms with Crippen molar-refractivity contribution in [3.8, 4) is 0 Å². The lowest BCUT2D eigenvalue weighted by Crippen LogP contribution is -2.45. The molecular weight excluding hydrogens is 1100 g/mol. The van der Waals surface area contributed by atoms with Crippen molar-refractivity contribution in [2.45, 2.75) is 347 Å². The Balaban J connectivity index is 4.02. The van der Waals surface area contributed by atoms with Gasteiger partial charge in [0.15, 0.2) is 0 Å². The summed E-state index contributed by atoms with van der Waals surface area (Å²) in [6, 6.07) is -0.915. The molecule has 3 atom stereocenters. The average Bonchev–Trinajstić information content (AvgIpc) is 3.71. The van der Waals surface area contributed by atoms with E-state index in [2.05, 4.69) is 116 Å². The molecular formula is C79H143N2O6P. The zero-order valence-corrected chi connectivity index (χ0v) is 59.3. The number of hydrogen-bond acceptors (Lipinski definition) is 6. The summed E-state index contributed by atoms with van der Waals surface area (Å²) in [6.45, 7) is 4.54. The lowest BCUT2D eigenvalue weighted by atomic mass is 10.0. The summed E-state index contributed by atoms with van der Waals surface area (Å²) in [5.41, 5.74) is 0. The largest absolute Gasteiger partial charge is 0.756 e. The van der Waals surface area contributed by atoms with Crippen LogP contribution in [0.3, 0.4) is 0 Å². The van der Waals surface area contributed by atoms with Crippen LogP contribution in [-0.4, -0.2) is 68.5 Å². The van der Waals surface area contributed by atoms with Gasteiger partial charge in [0.25, 0.3) is 7.82 Å². The van der Waals surface area contributed by atoms with Crippen LogP contribution in [0.2, 0.25) is 0 Å². The van der Waals surface area contributed by atoms with Gasteiger partial charge in [0, 0.05) is 6.42 Å². The van der Waals surface area contributed by atoms with Crippen molar-refractivity contribution >= 4 is 13.7 Å². The van der Waals surface area contributed by atoms with E-state index in [0.29, 0.717) is 17.4 Å². The molecule has 0 fully saturated rings. The number of phosphoric ester groups is 1. The molecule has 0 aliphatic carbocycles. The summed E-state index contributed by atoms with van der Waals surface area (Å²) >= 11 is 0. The fraction of sp³-hybridized carbons (Fsp3) is 0.759. The minimum Gasteiger partial charge on any atom is -0.756 e. The zero-order valence-electron chi connectivity index (χ0n) is 58.4. The summed E-state index contributed by atoms with van der Waals surface area (Å²) in [6.07, 6.45) is 101. The maximum atomic E-state index is 13.0. The molecule has 2 N–H and O–H groups in total. The fourth-order valence-electron chi connectivity index (χ4n) is 10.7. The molecule has 0 aromatic rings. The van der Waals surface area contributed by atoms with Crippen LogP contribution in [0.25, 0.3) is 0 Å². The van der Waals surface area contributed by atoms with Gasteiger partial charge >= 0.3 is 0 Å². The van der Waals surface area contributed by atoms with E-state index in [1.165, 1.54) is 231 Å². The van der Waals surface area contributed by atoms with Gasteiger partial charge in [-0.1, -0.05) is 342 Å². The first-order valence-electron chi connectivity index (χ1n) is 37.2.